The molecule has 0 saturated heterocycles. The Bertz CT molecular complexity index is 684. The van der Waals surface area contributed by atoms with Crippen LogP contribution < -0.4 is 10.1 Å². The number of benzene rings is 1. The summed E-state index contributed by atoms with van der Waals surface area (Å²) in [4.78, 5) is 9.34. The molecule has 4 nitrogen and oxygen atoms in total. The van der Waals surface area contributed by atoms with Crippen molar-refractivity contribution in [2.45, 2.75) is 52.0 Å². The highest BCUT2D eigenvalue weighted by Crippen LogP contribution is 2.37. The van der Waals surface area contributed by atoms with E-state index in [4.69, 9.17) is 9.72 Å². The molecule has 2 aromatic rings. The molecule has 1 aromatic heterocycles. The SMILES string of the molecule is CCc1cnc(CC)c(NC2CCCc3c(OC)cccc32)n1. The number of nitrogens with zero attached hydrogens (tertiary/aromatic N) is 2. The van der Waals surface area contributed by atoms with Gasteiger partial charge in [-0.25, -0.2) is 4.98 Å². The van der Waals surface area contributed by atoms with E-state index < -0.39 is 0 Å². The van der Waals surface area contributed by atoms with Gasteiger partial charge in [0, 0.05) is 6.20 Å². The summed E-state index contributed by atoms with van der Waals surface area (Å²) >= 11 is 0. The van der Waals surface area contributed by atoms with Crippen LogP contribution in [0.5, 0.6) is 5.75 Å². The Morgan fingerprint density at radius 2 is 2.13 bits per heavy atom. The van der Waals surface area contributed by atoms with Gasteiger partial charge in [0.15, 0.2) is 0 Å². The predicted molar refractivity (Wildman–Crippen MR) is 93.1 cm³/mol. The van der Waals surface area contributed by atoms with Crippen molar-refractivity contribution in [2.75, 3.05) is 12.4 Å². The molecule has 1 heterocycles. The molecule has 0 amide bonds. The quantitative estimate of drug-likeness (QED) is 0.903. The zero-order chi connectivity index (χ0) is 16.2. The van der Waals surface area contributed by atoms with Crippen molar-refractivity contribution in [2.24, 2.45) is 0 Å². The molecule has 1 aromatic carbocycles. The minimum atomic E-state index is 0.278. The van der Waals surface area contributed by atoms with Gasteiger partial charge in [0.1, 0.15) is 11.6 Å². The van der Waals surface area contributed by atoms with Gasteiger partial charge >= 0.3 is 0 Å². The molecule has 0 fully saturated rings. The minimum Gasteiger partial charge on any atom is -0.496 e. The summed E-state index contributed by atoms with van der Waals surface area (Å²) in [7, 11) is 1.75. The number of aryl methyl sites for hydroxylation is 2. The van der Waals surface area contributed by atoms with E-state index in [0.717, 1.165) is 55.1 Å². The first-order valence-electron chi connectivity index (χ1n) is 8.53. The van der Waals surface area contributed by atoms with E-state index in [1.807, 2.05) is 6.20 Å². The average Bonchev–Trinajstić information content (AvgIpc) is 2.61. The molecule has 0 bridgehead atoms. The number of nitrogens with one attached hydrogen (secondary N) is 1. The molecular weight excluding hydrogens is 286 g/mol. The Hall–Kier alpha value is -2.10. The average molecular weight is 311 g/mol. The lowest BCUT2D eigenvalue weighted by Crippen LogP contribution is -2.20. The van der Waals surface area contributed by atoms with Gasteiger partial charge < -0.3 is 10.1 Å². The largest absolute Gasteiger partial charge is 0.496 e. The molecule has 0 aliphatic heterocycles. The van der Waals surface area contributed by atoms with Gasteiger partial charge in [0.2, 0.25) is 0 Å². The molecule has 4 heteroatoms. The summed E-state index contributed by atoms with van der Waals surface area (Å²) in [5.41, 5.74) is 4.74. The first-order chi connectivity index (χ1) is 11.3. The number of ether oxygens (including phenoxy) is 1. The fourth-order valence-corrected chi connectivity index (χ4v) is 3.32. The van der Waals surface area contributed by atoms with E-state index in [0.29, 0.717) is 0 Å². The van der Waals surface area contributed by atoms with Crippen molar-refractivity contribution in [3.63, 3.8) is 0 Å². The lowest BCUT2D eigenvalue weighted by Gasteiger charge is -2.28. The number of anilines is 1. The van der Waals surface area contributed by atoms with Crippen LogP contribution in [0.3, 0.4) is 0 Å². The summed E-state index contributed by atoms with van der Waals surface area (Å²) in [6.45, 7) is 4.23. The highest BCUT2D eigenvalue weighted by atomic mass is 16.5. The van der Waals surface area contributed by atoms with Crippen molar-refractivity contribution in [1.82, 2.24) is 9.97 Å². The van der Waals surface area contributed by atoms with Crippen LogP contribution >= 0.6 is 0 Å². The topological polar surface area (TPSA) is 47.0 Å². The van der Waals surface area contributed by atoms with Crippen LogP contribution in [0.4, 0.5) is 5.82 Å². The second-order valence-corrected chi connectivity index (χ2v) is 5.98. The molecule has 1 N–H and O–H groups in total. The molecule has 0 spiro atoms. The molecular formula is C19H25N3O. The Balaban J connectivity index is 1.94. The number of methoxy groups -OCH3 is 1. The Morgan fingerprint density at radius 3 is 2.87 bits per heavy atom. The standard InChI is InChI=1S/C19H25N3O/c1-4-13-12-20-16(5-2)19(21-13)22-17-10-6-9-15-14(17)8-7-11-18(15)23-3/h7-8,11-12,17H,4-6,9-10H2,1-3H3,(H,21,22). The van der Waals surface area contributed by atoms with Crippen LogP contribution in [-0.4, -0.2) is 17.1 Å². The maximum atomic E-state index is 5.54. The molecule has 1 unspecified atom stereocenters. The number of fused-ring (bicyclic) bond motifs is 1. The number of rotatable bonds is 5. The monoisotopic (exact) mass is 311 g/mol. The Labute approximate surface area is 138 Å². The number of aromatic nitrogens is 2. The summed E-state index contributed by atoms with van der Waals surface area (Å²) in [6.07, 6.45) is 7.03. The molecule has 1 aliphatic carbocycles. The smallest absolute Gasteiger partial charge is 0.148 e. The second kappa shape index (κ2) is 6.99. The number of hydrogen-bond donors (Lipinski definition) is 1. The zero-order valence-corrected chi connectivity index (χ0v) is 14.2. The van der Waals surface area contributed by atoms with E-state index in [-0.39, 0.29) is 6.04 Å². The third kappa shape index (κ3) is 3.16. The van der Waals surface area contributed by atoms with Crippen LogP contribution in [0.15, 0.2) is 24.4 Å². The van der Waals surface area contributed by atoms with Crippen LogP contribution in [0.1, 0.15) is 55.2 Å². The lowest BCUT2D eigenvalue weighted by molar-refractivity contribution is 0.404. The third-order valence-electron chi connectivity index (χ3n) is 4.59. The van der Waals surface area contributed by atoms with Crippen molar-refractivity contribution < 1.29 is 4.74 Å². The van der Waals surface area contributed by atoms with Gasteiger partial charge in [0.05, 0.1) is 24.5 Å². The van der Waals surface area contributed by atoms with Crippen LogP contribution in [0.25, 0.3) is 0 Å². The van der Waals surface area contributed by atoms with Gasteiger partial charge in [-0.15, -0.1) is 0 Å². The summed E-state index contributed by atoms with van der Waals surface area (Å²) in [6, 6.07) is 6.61. The van der Waals surface area contributed by atoms with Crippen molar-refractivity contribution in [1.29, 1.82) is 0 Å². The molecule has 1 aliphatic rings. The molecule has 122 valence electrons. The van der Waals surface area contributed by atoms with Gasteiger partial charge in [-0.05, 0) is 49.3 Å². The predicted octanol–water partition coefficient (Wildman–Crippen LogP) is 4.10. The maximum absolute atomic E-state index is 5.54. The van der Waals surface area contributed by atoms with Gasteiger partial charge in [0.25, 0.3) is 0 Å². The summed E-state index contributed by atoms with van der Waals surface area (Å²) in [5.74, 6) is 1.94. The molecule has 0 radical (unpaired) electrons. The first kappa shape index (κ1) is 15.8. The molecule has 23 heavy (non-hydrogen) atoms. The fraction of sp³-hybridized carbons (Fsp3) is 0.474. The Morgan fingerprint density at radius 1 is 1.26 bits per heavy atom. The van der Waals surface area contributed by atoms with Crippen LogP contribution in [-0.2, 0) is 19.3 Å². The molecule has 3 rings (SSSR count). The second-order valence-electron chi connectivity index (χ2n) is 5.98. The molecule has 1 atom stereocenters. The van der Waals surface area contributed by atoms with E-state index in [9.17, 15) is 0 Å². The van der Waals surface area contributed by atoms with Gasteiger partial charge in [-0.2, -0.15) is 0 Å². The van der Waals surface area contributed by atoms with Gasteiger partial charge in [-0.3, -0.25) is 4.98 Å². The van der Waals surface area contributed by atoms with Gasteiger partial charge in [-0.1, -0.05) is 26.0 Å². The Kier molecular flexibility index (Phi) is 4.79. The van der Waals surface area contributed by atoms with E-state index in [1.165, 1.54) is 11.1 Å². The number of hydrogen-bond acceptors (Lipinski definition) is 4. The first-order valence-corrected chi connectivity index (χ1v) is 8.53. The van der Waals surface area contributed by atoms with Crippen molar-refractivity contribution >= 4 is 5.82 Å². The maximum Gasteiger partial charge on any atom is 0.148 e. The highest BCUT2D eigenvalue weighted by molar-refractivity contribution is 5.49. The lowest BCUT2D eigenvalue weighted by atomic mass is 9.87. The van der Waals surface area contributed by atoms with E-state index >= 15 is 0 Å². The summed E-state index contributed by atoms with van der Waals surface area (Å²) in [5, 5.41) is 3.65. The van der Waals surface area contributed by atoms with Crippen LogP contribution in [0.2, 0.25) is 0 Å². The normalized spacial score (nSPS) is 16.7. The highest BCUT2D eigenvalue weighted by Gasteiger charge is 2.23. The summed E-state index contributed by atoms with van der Waals surface area (Å²) < 4.78 is 5.54. The molecule has 0 saturated carbocycles. The van der Waals surface area contributed by atoms with Crippen molar-refractivity contribution in [3.8, 4) is 5.75 Å². The van der Waals surface area contributed by atoms with E-state index in [1.54, 1.807) is 7.11 Å². The van der Waals surface area contributed by atoms with Crippen molar-refractivity contribution in [3.05, 3.63) is 46.9 Å². The van der Waals surface area contributed by atoms with E-state index in [2.05, 4.69) is 42.3 Å². The fourth-order valence-electron chi connectivity index (χ4n) is 3.32. The zero-order valence-electron chi connectivity index (χ0n) is 14.2. The minimum absolute atomic E-state index is 0.278. The third-order valence-corrected chi connectivity index (χ3v) is 4.59. The van der Waals surface area contributed by atoms with Crippen LogP contribution in [0, 0.1) is 0 Å².